The molecule has 0 aliphatic heterocycles. The second-order valence-corrected chi connectivity index (χ2v) is 7.01. The molecular formula is C20H28FN5. The molecule has 1 aliphatic rings. The zero-order valence-corrected chi connectivity index (χ0v) is 15.6. The van der Waals surface area contributed by atoms with Gasteiger partial charge >= 0.3 is 0 Å². The molecule has 1 aliphatic carbocycles. The highest BCUT2D eigenvalue weighted by molar-refractivity contribution is 5.79. The monoisotopic (exact) mass is 357 g/mol. The summed E-state index contributed by atoms with van der Waals surface area (Å²) in [5.74, 6) is 0.688. The van der Waals surface area contributed by atoms with E-state index in [2.05, 4.69) is 27.8 Å². The van der Waals surface area contributed by atoms with E-state index in [4.69, 9.17) is 4.99 Å². The smallest absolute Gasteiger partial charge is 0.191 e. The third-order valence-electron chi connectivity index (χ3n) is 5.03. The van der Waals surface area contributed by atoms with Gasteiger partial charge in [0.1, 0.15) is 5.82 Å². The number of aromatic amines is 1. The summed E-state index contributed by atoms with van der Waals surface area (Å²) < 4.78 is 14.1. The average Bonchev–Trinajstić information content (AvgIpc) is 3.32. The summed E-state index contributed by atoms with van der Waals surface area (Å²) in [6.45, 7) is 6.35. The quantitative estimate of drug-likeness (QED) is 0.386. The highest BCUT2D eigenvalue weighted by Crippen LogP contribution is 2.49. The standard InChI is InChI=1S/C20H28FN5/c1-3-22-19(23-12-6-7-16-13-25-26-15(16)2)24-14-20(10-11-20)17-8-4-5-9-18(17)21/h4-5,8-9,13H,3,6-7,10-12,14H2,1-2H3,(H,25,26)(H2,22,23,24). The minimum Gasteiger partial charge on any atom is -0.357 e. The van der Waals surface area contributed by atoms with Crippen molar-refractivity contribution in [1.82, 2.24) is 20.8 Å². The molecule has 26 heavy (non-hydrogen) atoms. The lowest BCUT2D eigenvalue weighted by molar-refractivity contribution is 0.572. The Bertz CT molecular complexity index is 748. The van der Waals surface area contributed by atoms with Crippen LogP contribution in [-0.2, 0) is 11.8 Å². The van der Waals surface area contributed by atoms with Crippen molar-refractivity contribution in [3.63, 3.8) is 0 Å². The molecule has 1 fully saturated rings. The zero-order chi connectivity index (χ0) is 18.4. The minimum absolute atomic E-state index is 0.117. The van der Waals surface area contributed by atoms with Crippen LogP contribution in [0, 0.1) is 12.7 Å². The fourth-order valence-corrected chi connectivity index (χ4v) is 3.24. The predicted molar refractivity (Wildman–Crippen MR) is 103 cm³/mol. The Morgan fingerprint density at radius 3 is 2.77 bits per heavy atom. The number of hydrogen-bond acceptors (Lipinski definition) is 2. The number of nitrogens with one attached hydrogen (secondary N) is 3. The van der Waals surface area contributed by atoms with Crippen LogP contribution in [-0.4, -0.2) is 35.8 Å². The van der Waals surface area contributed by atoms with Gasteiger partial charge in [-0.3, -0.25) is 10.1 Å². The maximum atomic E-state index is 14.1. The fourth-order valence-electron chi connectivity index (χ4n) is 3.24. The van der Waals surface area contributed by atoms with Gasteiger partial charge in [-0.1, -0.05) is 18.2 Å². The van der Waals surface area contributed by atoms with Crippen molar-refractivity contribution in [1.29, 1.82) is 0 Å². The van der Waals surface area contributed by atoms with Gasteiger partial charge in [0, 0.05) is 24.2 Å². The number of hydrogen-bond donors (Lipinski definition) is 3. The third-order valence-corrected chi connectivity index (χ3v) is 5.03. The van der Waals surface area contributed by atoms with Crippen molar-refractivity contribution in [2.75, 3.05) is 19.6 Å². The summed E-state index contributed by atoms with van der Waals surface area (Å²) >= 11 is 0. The number of guanidine groups is 1. The summed E-state index contributed by atoms with van der Waals surface area (Å²) in [5.41, 5.74) is 3.06. The molecule has 140 valence electrons. The first-order chi connectivity index (χ1) is 12.6. The molecule has 0 atom stereocenters. The lowest BCUT2D eigenvalue weighted by atomic mass is 9.95. The Balaban J connectivity index is 1.54. The maximum absolute atomic E-state index is 14.1. The van der Waals surface area contributed by atoms with Crippen LogP contribution in [0.15, 0.2) is 35.5 Å². The molecule has 3 N–H and O–H groups in total. The van der Waals surface area contributed by atoms with E-state index in [0.29, 0.717) is 6.54 Å². The Hall–Kier alpha value is -2.37. The van der Waals surface area contributed by atoms with Crippen LogP contribution in [0.5, 0.6) is 0 Å². The summed E-state index contributed by atoms with van der Waals surface area (Å²) in [6, 6.07) is 7.08. The molecule has 6 heteroatoms. The number of aryl methyl sites for hydroxylation is 2. The highest BCUT2D eigenvalue weighted by atomic mass is 19.1. The Labute approximate surface area is 154 Å². The van der Waals surface area contributed by atoms with Gasteiger partial charge in [0.05, 0.1) is 12.7 Å². The van der Waals surface area contributed by atoms with Gasteiger partial charge in [0.15, 0.2) is 5.96 Å². The van der Waals surface area contributed by atoms with Gasteiger partial charge in [0.25, 0.3) is 0 Å². The van der Waals surface area contributed by atoms with Crippen molar-refractivity contribution < 1.29 is 4.39 Å². The SMILES string of the molecule is CCNC(=NCC1(c2ccccc2F)CC1)NCCCc1cn[nH]c1C. The summed E-state index contributed by atoms with van der Waals surface area (Å²) in [5, 5.41) is 13.7. The lowest BCUT2D eigenvalue weighted by Gasteiger charge is -2.16. The van der Waals surface area contributed by atoms with E-state index in [-0.39, 0.29) is 11.2 Å². The first kappa shape index (κ1) is 18.4. The Morgan fingerprint density at radius 2 is 2.12 bits per heavy atom. The molecule has 2 aromatic rings. The fraction of sp³-hybridized carbons (Fsp3) is 0.500. The largest absolute Gasteiger partial charge is 0.357 e. The van der Waals surface area contributed by atoms with E-state index in [0.717, 1.165) is 56.0 Å². The zero-order valence-electron chi connectivity index (χ0n) is 15.6. The van der Waals surface area contributed by atoms with Crippen LogP contribution in [0.3, 0.4) is 0 Å². The normalized spacial score (nSPS) is 15.7. The molecule has 0 unspecified atom stereocenters. The van der Waals surface area contributed by atoms with Crippen molar-refractivity contribution in [2.45, 2.75) is 44.9 Å². The van der Waals surface area contributed by atoms with E-state index in [9.17, 15) is 4.39 Å². The Kier molecular flexibility index (Phi) is 5.91. The van der Waals surface area contributed by atoms with Crippen molar-refractivity contribution in [3.05, 3.63) is 53.1 Å². The first-order valence-electron chi connectivity index (χ1n) is 9.41. The third kappa shape index (κ3) is 4.42. The number of halogens is 1. The highest BCUT2D eigenvalue weighted by Gasteiger charge is 2.45. The molecule has 1 aromatic heterocycles. The molecular weight excluding hydrogens is 329 g/mol. The van der Waals surface area contributed by atoms with Crippen LogP contribution in [0.25, 0.3) is 0 Å². The molecule has 3 rings (SSSR count). The number of nitrogens with zero attached hydrogens (tertiary/aromatic N) is 2. The molecule has 0 bridgehead atoms. The molecule has 1 heterocycles. The number of H-pyrrole nitrogens is 1. The average molecular weight is 357 g/mol. The van der Waals surface area contributed by atoms with Gasteiger partial charge in [-0.25, -0.2) is 4.39 Å². The van der Waals surface area contributed by atoms with Gasteiger partial charge in [0.2, 0.25) is 0 Å². The molecule has 0 spiro atoms. The van der Waals surface area contributed by atoms with Gasteiger partial charge in [-0.15, -0.1) is 0 Å². The van der Waals surface area contributed by atoms with Crippen molar-refractivity contribution >= 4 is 5.96 Å². The number of rotatable bonds is 8. The summed E-state index contributed by atoms with van der Waals surface area (Å²) in [6.07, 6.45) is 5.87. The number of aliphatic imine (C=N–C) groups is 1. The van der Waals surface area contributed by atoms with Crippen LogP contribution >= 0.6 is 0 Å². The molecule has 1 aromatic carbocycles. The van der Waals surface area contributed by atoms with Gasteiger partial charge in [-0.2, -0.15) is 5.10 Å². The van der Waals surface area contributed by atoms with E-state index in [1.165, 1.54) is 5.56 Å². The summed E-state index contributed by atoms with van der Waals surface area (Å²) in [7, 11) is 0. The topological polar surface area (TPSA) is 65.1 Å². The van der Waals surface area contributed by atoms with E-state index < -0.39 is 0 Å². The summed E-state index contributed by atoms with van der Waals surface area (Å²) in [4.78, 5) is 4.73. The molecule has 1 saturated carbocycles. The van der Waals surface area contributed by atoms with E-state index >= 15 is 0 Å². The van der Waals surface area contributed by atoms with Crippen LogP contribution < -0.4 is 10.6 Å². The maximum Gasteiger partial charge on any atom is 0.191 e. The predicted octanol–water partition coefficient (Wildman–Crippen LogP) is 3.08. The van der Waals surface area contributed by atoms with Crippen LogP contribution in [0.1, 0.15) is 43.0 Å². The van der Waals surface area contributed by atoms with Crippen LogP contribution in [0.4, 0.5) is 4.39 Å². The second-order valence-electron chi connectivity index (χ2n) is 7.01. The molecule has 0 radical (unpaired) electrons. The number of benzene rings is 1. The van der Waals surface area contributed by atoms with E-state index in [1.807, 2.05) is 25.3 Å². The number of aromatic nitrogens is 2. The van der Waals surface area contributed by atoms with Crippen LogP contribution in [0.2, 0.25) is 0 Å². The minimum atomic E-state index is -0.123. The second kappa shape index (κ2) is 8.34. The first-order valence-corrected chi connectivity index (χ1v) is 9.41. The van der Waals surface area contributed by atoms with E-state index in [1.54, 1.807) is 12.1 Å². The van der Waals surface area contributed by atoms with Crippen molar-refractivity contribution in [3.8, 4) is 0 Å². The van der Waals surface area contributed by atoms with Crippen molar-refractivity contribution in [2.24, 2.45) is 4.99 Å². The molecule has 0 amide bonds. The molecule has 5 nitrogen and oxygen atoms in total. The van der Waals surface area contributed by atoms with Gasteiger partial charge in [-0.05, 0) is 56.7 Å². The lowest BCUT2D eigenvalue weighted by Crippen LogP contribution is -2.38. The Morgan fingerprint density at radius 1 is 1.31 bits per heavy atom. The molecule has 0 saturated heterocycles. The van der Waals surface area contributed by atoms with Gasteiger partial charge < -0.3 is 10.6 Å².